The molecule has 0 N–H and O–H groups in total. The van der Waals surface area contributed by atoms with Crippen molar-refractivity contribution >= 4 is 18.7 Å². The Morgan fingerprint density at radius 1 is 0.800 bits per heavy atom. The Hall–Kier alpha value is -0.730. The van der Waals surface area contributed by atoms with Crippen LogP contribution in [-0.4, -0.2) is 8.32 Å². The van der Waals surface area contributed by atoms with Gasteiger partial charge in [0.05, 0.1) is 0 Å². The molecule has 157 valence electrons. The molecule has 0 saturated carbocycles. The molecule has 0 heterocycles. The molecule has 5 heteroatoms. The van der Waals surface area contributed by atoms with Crippen molar-refractivity contribution in [3.8, 4) is 5.75 Å². The van der Waals surface area contributed by atoms with Crippen LogP contribution in [0, 0.1) is 0 Å². The number of aryl methyl sites for hydroxylation is 2. The van der Waals surface area contributed by atoms with Crippen LogP contribution in [0.1, 0.15) is 44.7 Å². The number of halogens is 2. The zero-order valence-electron chi connectivity index (χ0n) is 17.9. The van der Waals surface area contributed by atoms with Crippen molar-refractivity contribution in [1.82, 2.24) is 0 Å². The quantitative estimate of drug-likeness (QED) is 0.315. The van der Waals surface area contributed by atoms with Gasteiger partial charge in [0.1, 0.15) is 0 Å². The molecular weight excluding hydrogens is 506 g/mol. The van der Waals surface area contributed by atoms with E-state index in [9.17, 15) is 0 Å². The van der Waals surface area contributed by atoms with Crippen molar-refractivity contribution in [3.05, 3.63) is 83.9 Å². The van der Waals surface area contributed by atoms with Crippen LogP contribution in [0.25, 0.3) is 0 Å². The number of benzene rings is 2. The van der Waals surface area contributed by atoms with Crippen LogP contribution in [0.2, 0.25) is 5.04 Å². The molecule has 0 atom stereocenters. The molecule has 0 bridgehead atoms. The second-order valence-electron chi connectivity index (χ2n) is 8.71. The van der Waals surface area contributed by atoms with Crippen molar-refractivity contribution < 1.29 is 55.4 Å². The molecule has 1 aliphatic rings. The Bertz CT molecular complexity index is 841. The van der Waals surface area contributed by atoms with Crippen LogP contribution in [0.4, 0.5) is 0 Å². The van der Waals surface area contributed by atoms with E-state index in [2.05, 4.69) is 93.6 Å². The second-order valence-corrected chi connectivity index (χ2v) is 12.9. The molecule has 4 rings (SSSR count). The predicted molar refractivity (Wildman–Crippen MR) is 117 cm³/mol. The largest absolute Gasteiger partial charge is 3.00 e. The van der Waals surface area contributed by atoms with Gasteiger partial charge in [-0.2, -0.15) is 17.2 Å². The van der Waals surface area contributed by atoms with Crippen molar-refractivity contribution in [2.24, 2.45) is 0 Å². The average Bonchev–Trinajstić information content (AvgIpc) is 3.09. The summed E-state index contributed by atoms with van der Waals surface area (Å²) >= 11 is 0. The smallest absolute Gasteiger partial charge is 1.00 e. The van der Waals surface area contributed by atoms with Gasteiger partial charge >= 0.3 is 34.5 Å². The van der Waals surface area contributed by atoms with Crippen LogP contribution in [0.3, 0.4) is 0 Å². The van der Waals surface area contributed by atoms with Gasteiger partial charge in [0.15, 0.2) is 0 Å². The SMILES string of the molecule is CC(C)(C)[Si](Oc1cc2c([cH-]1)CCCC2)(c1ccccc1)c1ccccc1.[Cl-].[Cl-].[Zr+3]. The monoisotopic (exact) mass is 533 g/mol. The maximum atomic E-state index is 7.13. The van der Waals surface area contributed by atoms with E-state index < -0.39 is 8.32 Å². The van der Waals surface area contributed by atoms with E-state index in [0.717, 1.165) is 5.75 Å². The van der Waals surface area contributed by atoms with Crippen molar-refractivity contribution in [1.29, 1.82) is 0 Å². The first-order valence-corrected chi connectivity index (χ1v) is 12.0. The van der Waals surface area contributed by atoms with Crippen molar-refractivity contribution in [2.75, 3.05) is 0 Å². The van der Waals surface area contributed by atoms with Gasteiger partial charge in [-0.05, 0) is 21.2 Å². The molecular formula is C25H29Cl2OSiZr. The summed E-state index contributed by atoms with van der Waals surface area (Å²) in [6.45, 7) is 7.01. The molecule has 0 saturated heterocycles. The molecule has 1 aliphatic carbocycles. The fourth-order valence-corrected chi connectivity index (χ4v) is 8.95. The molecule has 3 aromatic carbocycles. The van der Waals surface area contributed by atoms with E-state index >= 15 is 0 Å². The topological polar surface area (TPSA) is 9.23 Å². The van der Waals surface area contributed by atoms with Crippen LogP contribution in [0.15, 0.2) is 72.8 Å². The summed E-state index contributed by atoms with van der Waals surface area (Å²) in [6, 6.07) is 26.4. The molecule has 0 amide bonds. The van der Waals surface area contributed by atoms with Gasteiger partial charge in [-0.25, -0.2) is 0 Å². The van der Waals surface area contributed by atoms with Crippen molar-refractivity contribution in [3.63, 3.8) is 0 Å². The van der Waals surface area contributed by atoms with E-state index in [1.54, 1.807) is 0 Å². The van der Waals surface area contributed by atoms with Gasteiger partial charge in [-0.3, -0.25) is 0 Å². The number of hydrogen-bond acceptors (Lipinski definition) is 1. The fraction of sp³-hybridized carbons (Fsp3) is 0.320. The Morgan fingerprint density at radius 2 is 1.30 bits per heavy atom. The normalized spacial score (nSPS) is 13.2. The van der Waals surface area contributed by atoms with Gasteiger partial charge in [0, 0.05) is 0 Å². The maximum Gasteiger partial charge on any atom is 3.00 e. The minimum absolute atomic E-state index is 0. The van der Waals surface area contributed by atoms with E-state index in [1.807, 2.05) is 0 Å². The predicted octanol–water partition coefficient (Wildman–Crippen LogP) is -0.771. The average molecular weight is 536 g/mol. The molecule has 3 aromatic rings. The zero-order chi connectivity index (χ0) is 18.9. The fourth-order valence-electron chi connectivity index (χ4n) is 4.55. The van der Waals surface area contributed by atoms with Crippen LogP contribution < -0.4 is 39.6 Å². The summed E-state index contributed by atoms with van der Waals surface area (Å²) in [4.78, 5) is 0. The molecule has 1 radical (unpaired) electrons. The maximum absolute atomic E-state index is 7.13. The van der Waals surface area contributed by atoms with Crippen molar-refractivity contribution in [2.45, 2.75) is 51.5 Å². The summed E-state index contributed by atoms with van der Waals surface area (Å²) in [5.74, 6) is 1.07. The summed E-state index contributed by atoms with van der Waals surface area (Å²) in [5.41, 5.74) is 2.99. The summed E-state index contributed by atoms with van der Waals surface area (Å²) < 4.78 is 7.13. The van der Waals surface area contributed by atoms with Crippen LogP contribution in [-0.2, 0) is 39.0 Å². The van der Waals surface area contributed by atoms with E-state index in [4.69, 9.17) is 4.43 Å². The number of rotatable bonds is 4. The third-order valence-corrected chi connectivity index (χ3v) is 10.8. The van der Waals surface area contributed by atoms with Gasteiger partial charge in [-0.1, -0.05) is 107 Å². The third kappa shape index (κ3) is 5.18. The van der Waals surface area contributed by atoms with Gasteiger partial charge < -0.3 is 29.2 Å². The molecule has 1 nitrogen and oxygen atoms in total. The molecule has 30 heavy (non-hydrogen) atoms. The zero-order valence-corrected chi connectivity index (χ0v) is 22.9. The molecule has 0 aromatic heterocycles. The number of fused-ring (bicyclic) bond motifs is 1. The summed E-state index contributed by atoms with van der Waals surface area (Å²) in [7, 11) is -2.50. The minimum Gasteiger partial charge on any atom is -1.00 e. The Morgan fingerprint density at radius 3 is 1.77 bits per heavy atom. The number of hydrogen-bond donors (Lipinski definition) is 0. The molecule has 0 unspecified atom stereocenters. The Labute approximate surface area is 214 Å². The summed E-state index contributed by atoms with van der Waals surface area (Å²) in [5, 5.41) is 2.68. The van der Waals surface area contributed by atoms with Gasteiger partial charge in [0.2, 0.25) is 0 Å². The van der Waals surface area contributed by atoms with Crippen LogP contribution >= 0.6 is 0 Å². The third-order valence-electron chi connectivity index (χ3n) is 5.88. The van der Waals surface area contributed by atoms with Gasteiger partial charge in [0.25, 0.3) is 0 Å². The van der Waals surface area contributed by atoms with Gasteiger partial charge in [-0.15, -0.1) is 6.07 Å². The molecule has 0 fully saturated rings. The minimum atomic E-state index is -2.50. The van der Waals surface area contributed by atoms with E-state index in [0.29, 0.717) is 0 Å². The first-order chi connectivity index (χ1) is 13.0. The molecule has 0 spiro atoms. The first-order valence-electron chi connectivity index (χ1n) is 10.1. The van der Waals surface area contributed by atoms with Crippen LogP contribution in [0.5, 0.6) is 5.75 Å². The van der Waals surface area contributed by atoms with E-state index in [1.165, 1.54) is 47.2 Å². The Balaban J connectivity index is 0.00000150. The van der Waals surface area contributed by atoms with E-state index in [-0.39, 0.29) is 56.1 Å². The standard InChI is InChI=1S/C25H29OSi.2ClH.Zr/c1-25(2,3)27(23-14-6-4-7-15-23,24-16-8-5-9-17-24)26-22-18-20-12-10-11-13-21(20)19-22;;;/h4-9,14-19H,10-13H2,1-3H3;2*1H;/q-1;;;+3/p-2. The second kappa shape index (κ2) is 11.2. The summed E-state index contributed by atoms with van der Waals surface area (Å²) in [6.07, 6.45) is 4.99. The Kier molecular flexibility index (Phi) is 10.2. The molecule has 0 aliphatic heterocycles. The first kappa shape index (κ1) is 27.3.